The Morgan fingerprint density at radius 3 is 1.50 bits per heavy atom. The number of benzene rings is 4. The minimum Gasteiger partial charge on any atom is -0.481 e. The number of hydrogen-bond donors (Lipinski definition) is 23. The van der Waals surface area contributed by atoms with Gasteiger partial charge in [0.25, 0.3) is 30.4 Å². The van der Waals surface area contributed by atoms with Gasteiger partial charge < -0.3 is 90.2 Å². The molecule has 26 N–H and O–H groups in total. The first-order valence-electron chi connectivity index (χ1n) is 32.0. The Morgan fingerprint density at radius 2 is 1.04 bits per heavy atom. The first-order valence-corrected chi connectivity index (χ1v) is 37.6. The van der Waals surface area contributed by atoms with E-state index >= 15 is 0 Å². The number of carboxylic acids is 3. The first-order chi connectivity index (χ1) is 50.5. The SMILES string of the molecule is NC(=O)NCCC[C@H](NC(=O)CNC(=O)[C@H](CC(=O)O)NC(=O)[C@H](N)Cc1ccccc1)C(=O)N[C@@H](CCCCNCCCNC(=O)/N=N/c1ccccn1)C(=O)O.NC(C(=O)O)C(CO)C(NCO)(NCO)NCO.O=S(=O)(O)c1cccc(P(c2cccc(S(=O)(=O)O)c2)c2cccc(S(=O)(=O)O)c2)c1.[99Tc+4].[Na+]. The van der Waals surface area contributed by atoms with E-state index in [9.17, 15) is 97.4 Å². The Bertz CT molecular complexity index is 3950. The maximum atomic E-state index is 13.2. The fourth-order valence-electron chi connectivity index (χ4n) is 9.60. The molecule has 1 heterocycles. The molecule has 1 aromatic heterocycles. The molecule has 0 bridgehead atoms. The number of pyridine rings is 1. The molecule has 5 aromatic rings. The summed E-state index contributed by atoms with van der Waals surface area (Å²) in [6.07, 6.45) is 2.53. The van der Waals surface area contributed by atoms with Gasteiger partial charge >= 0.3 is 79.6 Å². The van der Waals surface area contributed by atoms with Gasteiger partial charge in [-0.3, -0.25) is 58.4 Å². The van der Waals surface area contributed by atoms with E-state index in [0.29, 0.717) is 60.6 Å². The largest absolute Gasteiger partial charge is 4.00 e. The van der Waals surface area contributed by atoms with Crippen molar-refractivity contribution in [3.05, 3.63) is 133 Å². The number of hydrogen-bond acceptors (Lipinski definition) is 27. The molecule has 0 aliphatic carbocycles. The van der Waals surface area contributed by atoms with Gasteiger partial charge in [0.05, 0.1) is 66.4 Å². The molecule has 41 nitrogen and oxygen atoms in total. The molecular weight excluding hydrogens is 1620 g/mol. The number of nitrogens with one attached hydrogen (secondary N) is 10. The van der Waals surface area contributed by atoms with Crippen molar-refractivity contribution in [1.29, 1.82) is 0 Å². The van der Waals surface area contributed by atoms with E-state index in [1.807, 2.05) is 0 Å². The van der Waals surface area contributed by atoms with Crippen LogP contribution < -0.4 is 116 Å². The number of aliphatic hydroxyl groups is 4. The van der Waals surface area contributed by atoms with Gasteiger partial charge in [0.1, 0.15) is 30.0 Å². The van der Waals surface area contributed by atoms with Crippen LogP contribution in [0.2, 0.25) is 0 Å². The molecule has 6 atom stereocenters. The summed E-state index contributed by atoms with van der Waals surface area (Å²) < 4.78 is 97.7. The molecule has 0 saturated heterocycles. The predicted molar refractivity (Wildman–Crippen MR) is 381 cm³/mol. The second-order valence-electron chi connectivity index (χ2n) is 22.6. The molecule has 591 valence electrons. The van der Waals surface area contributed by atoms with Gasteiger partial charge in [-0.25, -0.2) is 19.4 Å². The van der Waals surface area contributed by atoms with E-state index in [0.717, 1.165) is 23.8 Å². The number of aliphatic carboxylic acids is 3. The van der Waals surface area contributed by atoms with Crippen molar-refractivity contribution >= 4 is 114 Å². The zero-order chi connectivity index (χ0) is 79.9. The summed E-state index contributed by atoms with van der Waals surface area (Å²) in [6.45, 7) is -1.76. The summed E-state index contributed by atoms with van der Waals surface area (Å²) in [4.78, 5) is 112. The molecule has 0 aliphatic rings. The summed E-state index contributed by atoms with van der Waals surface area (Å²) in [5, 5.41) is 96.8. The molecule has 47 heteroatoms. The van der Waals surface area contributed by atoms with Crippen LogP contribution in [0.5, 0.6) is 0 Å². The number of urea groups is 2. The zero-order valence-corrected chi connectivity index (χ0v) is 65.5. The van der Waals surface area contributed by atoms with Crippen molar-refractivity contribution in [2.75, 3.05) is 59.5 Å². The monoisotopic (exact) mass is 1700 g/mol. The number of amides is 8. The van der Waals surface area contributed by atoms with Gasteiger partial charge in [0.15, 0.2) is 5.82 Å². The van der Waals surface area contributed by atoms with Crippen LogP contribution in [0.3, 0.4) is 0 Å². The summed E-state index contributed by atoms with van der Waals surface area (Å²) in [5.41, 5.74) is 17.2. The Kier molecular flexibility index (Phi) is 46.2. The minimum absolute atomic E-state index is 0. The number of nitrogens with two attached hydrogens (primary N) is 3. The molecule has 0 fully saturated rings. The molecule has 2 unspecified atom stereocenters. The molecule has 5 rings (SSSR count). The Morgan fingerprint density at radius 1 is 0.541 bits per heavy atom. The van der Waals surface area contributed by atoms with Crippen LogP contribution in [-0.4, -0.2) is 229 Å². The number of primary amides is 1. The molecule has 4 aromatic carbocycles. The van der Waals surface area contributed by atoms with Crippen molar-refractivity contribution in [3.63, 3.8) is 0 Å². The number of nitrogens with zero attached hydrogens (tertiary/aromatic N) is 3. The molecular formula is C62H87N16NaO25PS3Tc+5. The topological polar surface area (TPSA) is 694 Å². The third kappa shape index (κ3) is 37.1. The van der Waals surface area contributed by atoms with Gasteiger partial charge in [-0.2, -0.15) is 25.3 Å². The maximum Gasteiger partial charge on any atom is 4.00 e. The minimum atomic E-state index is -4.55. The number of carbonyl (C=O) groups excluding carboxylic acids is 6. The van der Waals surface area contributed by atoms with Crippen LogP contribution in [0.4, 0.5) is 15.4 Å². The van der Waals surface area contributed by atoms with E-state index in [2.05, 4.69) is 68.4 Å². The van der Waals surface area contributed by atoms with Gasteiger partial charge in [-0.15, -0.1) is 5.11 Å². The van der Waals surface area contributed by atoms with E-state index in [-0.39, 0.29) is 81.9 Å². The molecule has 1 radical (unpaired) electrons. The predicted octanol–water partition coefficient (Wildman–Crippen LogP) is -7.36. The van der Waals surface area contributed by atoms with Crippen molar-refractivity contribution in [2.24, 2.45) is 33.3 Å². The number of unbranched alkanes of at least 4 members (excludes halogenated alkanes) is 1. The number of rotatable bonds is 43. The Balaban J connectivity index is 0.000000963. The normalized spacial score (nSPS) is 13.0. The number of azo groups is 1. The van der Waals surface area contributed by atoms with Crippen molar-refractivity contribution in [3.8, 4) is 0 Å². The molecule has 8 amide bonds. The fourth-order valence-corrected chi connectivity index (χ4v) is 13.8. The molecule has 0 saturated carbocycles. The summed E-state index contributed by atoms with van der Waals surface area (Å²) in [7, 11) is -15.4. The average Bonchev–Trinajstić information content (AvgIpc) is 0.785. The third-order valence-corrected chi connectivity index (χ3v) is 19.7. The van der Waals surface area contributed by atoms with Crippen LogP contribution >= 0.6 is 7.92 Å². The van der Waals surface area contributed by atoms with Crippen LogP contribution in [0.15, 0.2) is 152 Å². The van der Waals surface area contributed by atoms with Gasteiger partial charge in [0, 0.05) is 19.3 Å². The Labute approximate surface area is 662 Å². The third-order valence-electron chi connectivity index (χ3n) is 14.8. The average molecular weight is 1710 g/mol. The zero-order valence-electron chi connectivity index (χ0n) is 58.3. The van der Waals surface area contributed by atoms with E-state index < -0.39 is 188 Å². The number of aromatic nitrogens is 1. The van der Waals surface area contributed by atoms with Crippen LogP contribution in [0, 0.1) is 5.92 Å². The van der Waals surface area contributed by atoms with Gasteiger partial charge in [-0.05, 0) is 136 Å². The van der Waals surface area contributed by atoms with E-state index in [1.165, 1.54) is 60.8 Å². The smallest absolute Gasteiger partial charge is 0.481 e. The van der Waals surface area contributed by atoms with Crippen molar-refractivity contribution < 1.29 is 167 Å². The molecule has 109 heavy (non-hydrogen) atoms. The Hall–Kier alpha value is -7.93. The maximum absolute atomic E-state index is 13.2. The quantitative estimate of drug-likeness (QED) is 0.00430. The van der Waals surface area contributed by atoms with Crippen molar-refractivity contribution in [1.82, 2.24) is 58.2 Å². The molecule has 0 spiro atoms. The summed E-state index contributed by atoms with van der Waals surface area (Å²) in [6, 6.07) is 21.3. The van der Waals surface area contributed by atoms with Gasteiger partial charge in [0.2, 0.25) is 23.6 Å². The van der Waals surface area contributed by atoms with E-state index in [4.69, 9.17) is 37.6 Å². The fraction of sp³-hybridized carbons (Fsp3) is 0.387. The van der Waals surface area contributed by atoms with Crippen molar-refractivity contribution in [2.45, 2.75) is 102 Å². The van der Waals surface area contributed by atoms with Crippen LogP contribution in [-0.2, 0) is 90.4 Å². The first kappa shape index (κ1) is 99.1. The number of carboxylic acid groups (broad SMARTS) is 3. The van der Waals surface area contributed by atoms with Gasteiger partial charge in [-0.1, -0.05) is 77.9 Å². The van der Waals surface area contributed by atoms with E-state index in [1.54, 1.807) is 48.5 Å². The van der Waals surface area contributed by atoms with Crippen LogP contribution in [0.25, 0.3) is 0 Å². The number of aliphatic hydroxyl groups excluding tert-OH is 4. The summed E-state index contributed by atoms with van der Waals surface area (Å²) in [5.74, 6) is -10.1. The standard InChI is InChI=1S/C36H52N12O10.C18H15O9PS3.C8H20N4O6.Na.Tc/c37-24(20-23-10-2-1-3-11-23)31(52)46-27(21-30(50)51)32(53)43-22-29(49)44-25(13-8-18-41-35(38)57)33(54)45-26(34(55)56)12-4-6-15-39-16-9-19-42-36(58)48-47-28-14-5-7-17-40-28;19-29(20,21)16-7-1-4-13(10-16)28(14-5-2-8-17(11-14)30(22,23)24)15-6-3-9-18(12-15)31(25,26)27;9-6(7(17)18)5(1-13)8(10-2-14,11-3-15)12-4-16;;/h1-3,5,7,10-11,14,17,24-27,39H,4,6,8-9,12-13,15-16,18-22,37H2,(H,42,58)(H,43,53)(H,44,49)(H,45,54)(H,46,52)(H,50,51)(H,55,56)(H3,38,41,57);1-12H,(H,19,20,21)(H,22,23,24)(H,25,26,27);5-6,10-16H,1-4,9H2,(H,17,18);;/q;;;+1;+4/b48-47+;;;;/t24-,25+,26+,27+;;;;/m1..../s1/i;;;;1+1. The molecule has 0 aliphatic heterocycles. The van der Waals surface area contributed by atoms with Crippen LogP contribution in [0.1, 0.15) is 50.5 Å². The second-order valence-corrected chi connectivity index (χ2v) is 29.0. The second kappa shape index (κ2) is 50.8. The number of carbonyl (C=O) groups is 9. The summed E-state index contributed by atoms with van der Waals surface area (Å²) >= 11 is 0.